The van der Waals surface area contributed by atoms with Crippen molar-refractivity contribution in [2.45, 2.75) is 68.0 Å². The molecule has 0 atom stereocenters. The van der Waals surface area contributed by atoms with Crippen LogP contribution < -0.4 is 14.7 Å². The lowest BCUT2D eigenvalue weighted by molar-refractivity contribution is 0.619. The highest BCUT2D eigenvalue weighted by molar-refractivity contribution is 7.99. The Kier molecular flexibility index (Phi) is 13.4. The van der Waals surface area contributed by atoms with Crippen LogP contribution in [-0.4, -0.2) is 0 Å². The Morgan fingerprint density at radius 2 is 0.493 bits per heavy atom. The lowest BCUT2D eigenvalue weighted by Crippen LogP contribution is -2.10. The Hall–Kier alpha value is -6.99. The van der Waals surface area contributed by atoms with Crippen LogP contribution in [0.1, 0.15) is 38.9 Å². The summed E-state index contributed by atoms with van der Waals surface area (Å²) in [6.45, 7) is 14.7. The smallest absolute Gasteiger partial charge is 0.128 e. The summed E-state index contributed by atoms with van der Waals surface area (Å²) in [5.74, 6) is -0.217. The van der Waals surface area contributed by atoms with E-state index in [1.54, 1.807) is 36.5 Å². The number of hydrogen-bond acceptors (Lipinski definition) is 5. The Labute approximate surface area is 404 Å². The van der Waals surface area contributed by atoms with Crippen LogP contribution in [0.4, 0.5) is 55.6 Å². The molecule has 0 radical (unpaired) electrons. The van der Waals surface area contributed by atoms with Gasteiger partial charge >= 0.3 is 0 Å². The van der Waals surface area contributed by atoms with Crippen molar-refractivity contribution >= 4 is 74.7 Å². The minimum absolute atomic E-state index is 0.217. The van der Waals surface area contributed by atoms with Crippen molar-refractivity contribution < 1.29 is 4.39 Å². The molecule has 332 valence electrons. The minimum atomic E-state index is -0.217. The first-order valence-corrected chi connectivity index (χ1v) is 24.3. The maximum atomic E-state index is 14.8. The molecule has 6 heteroatoms. The minimum Gasteiger partial charge on any atom is -0.310 e. The summed E-state index contributed by atoms with van der Waals surface area (Å²) in [7, 11) is 0. The third kappa shape index (κ3) is 10.4. The lowest BCUT2D eigenvalue weighted by Gasteiger charge is -2.27. The Morgan fingerprint density at radius 1 is 0.254 bits per heavy atom. The summed E-state index contributed by atoms with van der Waals surface area (Å²) in [5, 5.41) is 0. The van der Waals surface area contributed by atoms with Gasteiger partial charge in [-0.3, -0.25) is 0 Å². The van der Waals surface area contributed by atoms with Crippen molar-refractivity contribution in [2.75, 3.05) is 14.7 Å². The highest BCUT2D eigenvalue weighted by Crippen LogP contribution is 2.42. The maximum Gasteiger partial charge on any atom is 0.128 e. The van der Waals surface area contributed by atoms with Crippen LogP contribution in [0.2, 0.25) is 0 Å². The zero-order valence-electron chi connectivity index (χ0n) is 39.1. The molecule has 0 saturated heterocycles. The number of rotatable bonds is 13. The number of nitrogens with zero attached hydrogens (tertiary/aromatic N) is 3. The predicted molar refractivity (Wildman–Crippen MR) is 285 cm³/mol. The van der Waals surface area contributed by atoms with Gasteiger partial charge in [-0.15, -0.1) is 0 Å². The van der Waals surface area contributed by atoms with E-state index >= 15 is 0 Å². The van der Waals surface area contributed by atoms with Gasteiger partial charge in [0.15, 0.2) is 0 Å². The van der Waals surface area contributed by atoms with Crippen LogP contribution in [0.25, 0.3) is 0 Å². The largest absolute Gasteiger partial charge is 0.310 e. The first-order valence-electron chi connectivity index (χ1n) is 22.7. The van der Waals surface area contributed by atoms with Gasteiger partial charge < -0.3 is 14.7 Å². The molecule has 0 aliphatic heterocycles. The highest BCUT2D eigenvalue weighted by atomic mass is 32.2. The molecule has 9 aromatic carbocycles. The van der Waals surface area contributed by atoms with Gasteiger partial charge in [-0.25, -0.2) is 4.39 Å². The van der Waals surface area contributed by atoms with E-state index in [2.05, 4.69) is 238 Å². The van der Waals surface area contributed by atoms with Gasteiger partial charge in [-0.05, 0) is 234 Å². The molecule has 0 aliphatic carbocycles. The van der Waals surface area contributed by atoms with E-state index in [0.29, 0.717) is 5.56 Å². The molecule has 67 heavy (non-hydrogen) atoms. The third-order valence-electron chi connectivity index (χ3n) is 12.3. The molecule has 0 fully saturated rings. The number of halogens is 1. The van der Waals surface area contributed by atoms with Crippen LogP contribution in [0.5, 0.6) is 0 Å². The predicted octanol–water partition coefficient (Wildman–Crippen LogP) is 18.7. The highest BCUT2D eigenvalue weighted by Gasteiger charge is 2.18. The molecule has 0 spiro atoms. The number of benzene rings is 9. The molecule has 0 saturated carbocycles. The van der Waals surface area contributed by atoms with E-state index in [1.165, 1.54) is 43.2 Å². The zero-order valence-corrected chi connectivity index (χ0v) is 40.7. The fraction of sp³-hybridized carbons (Fsp3) is 0.115. The number of aryl methyl sites for hydroxylation is 7. The second kappa shape index (κ2) is 19.9. The quantitative estimate of drug-likeness (QED) is 0.114. The summed E-state index contributed by atoms with van der Waals surface area (Å²) >= 11 is 3.49. The lowest BCUT2D eigenvalue weighted by atomic mass is 10.1. The van der Waals surface area contributed by atoms with E-state index in [0.717, 1.165) is 61.0 Å². The standard InChI is InChI=1S/C61H54FN3S2/c1-41-8-15-48(16-9-41)63(54-19-12-43(3)46(6)38-54)50-22-30-57(31-23-50)66-58-32-24-51(25-33-58)64(55-20-13-44(4)47(7)39-55)52-26-34-59(35-27-52)67-60-36-28-53(29-37-60)65(49-17-10-42(2)11-18-49)56-21-14-45(5)61(62)40-56/h8-40H,1-7H3. The average Bonchev–Trinajstić information content (AvgIpc) is 3.33. The van der Waals surface area contributed by atoms with E-state index < -0.39 is 0 Å². The van der Waals surface area contributed by atoms with E-state index in [-0.39, 0.29) is 5.82 Å². The summed E-state index contributed by atoms with van der Waals surface area (Å²) < 4.78 is 14.8. The van der Waals surface area contributed by atoms with E-state index in [4.69, 9.17) is 0 Å². The van der Waals surface area contributed by atoms with E-state index in [1.807, 2.05) is 12.1 Å². The third-order valence-corrected chi connectivity index (χ3v) is 14.4. The Morgan fingerprint density at radius 3 is 0.761 bits per heavy atom. The maximum absolute atomic E-state index is 14.8. The molecule has 0 amide bonds. The monoisotopic (exact) mass is 911 g/mol. The van der Waals surface area contributed by atoms with Crippen LogP contribution in [0, 0.1) is 54.3 Å². The summed E-state index contributed by atoms with van der Waals surface area (Å²) in [6.07, 6.45) is 0. The molecular formula is C61H54FN3S2. The molecule has 0 heterocycles. The number of anilines is 9. The molecular weight excluding hydrogens is 858 g/mol. The van der Waals surface area contributed by atoms with Gasteiger partial charge in [0.25, 0.3) is 0 Å². The molecule has 9 rings (SSSR count). The van der Waals surface area contributed by atoms with Crippen molar-refractivity contribution in [3.05, 3.63) is 245 Å². The van der Waals surface area contributed by atoms with Crippen molar-refractivity contribution in [3.63, 3.8) is 0 Å². The SMILES string of the molecule is Cc1ccc(N(c2ccc(Sc3ccc(N(c4ccc(Sc5ccc(N(c6ccc(C)cc6)c6ccc(C)c(F)c6)cc5)cc4)c4ccc(C)c(C)c4)cc3)cc2)c2ccc(C)c(C)c2)cc1. The summed E-state index contributed by atoms with van der Waals surface area (Å²) in [6, 6.07) is 71.0. The van der Waals surface area contributed by atoms with Crippen molar-refractivity contribution in [3.8, 4) is 0 Å². The number of hydrogen-bond donors (Lipinski definition) is 0. The molecule has 0 N–H and O–H groups in total. The molecule has 0 aromatic heterocycles. The fourth-order valence-corrected chi connectivity index (χ4v) is 9.74. The first-order chi connectivity index (χ1) is 32.4. The molecule has 9 aromatic rings. The molecule has 0 unspecified atom stereocenters. The average molecular weight is 912 g/mol. The molecule has 3 nitrogen and oxygen atoms in total. The molecule has 0 aliphatic rings. The summed E-state index contributed by atoms with van der Waals surface area (Å²) in [4.78, 5) is 11.4. The summed E-state index contributed by atoms with van der Waals surface area (Å²) in [5.41, 5.74) is 17.5. The van der Waals surface area contributed by atoms with Crippen LogP contribution in [0.15, 0.2) is 220 Å². The Bertz CT molecular complexity index is 2940. The first kappa shape index (κ1) is 45.2. The second-order valence-electron chi connectivity index (χ2n) is 17.3. The van der Waals surface area contributed by atoms with Crippen molar-refractivity contribution in [1.82, 2.24) is 0 Å². The van der Waals surface area contributed by atoms with Crippen molar-refractivity contribution in [2.24, 2.45) is 0 Å². The van der Waals surface area contributed by atoms with Gasteiger partial charge in [0.1, 0.15) is 5.82 Å². The molecule has 0 bridgehead atoms. The fourth-order valence-electron chi connectivity index (χ4n) is 8.10. The van der Waals surface area contributed by atoms with Gasteiger partial charge in [0, 0.05) is 70.8 Å². The van der Waals surface area contributed by atoms with Gasteiger partial charge in [-0.2, -0.15) is 0 Å². The van der Waals surface area contributed by atoms with Gasteiger partial charge in [0.05, 0.1) is 0 Å². The van der Waals surface area contributed by atoms with Crippen LogP contribution in [-0.2, 0) is 0 Å². The second-order valence-corrected chi connectivity index (χ2v) is 19.6. The van der Waals surface area contributed by atoms with Crippen LogP contribution >= 0.6 is 23.5 Å². The normalized spacial score (nSPS) is 11.1. The Balaban J connectivity index is 0.934. The van der Waals surface area contributed by atoms with E-state index in [9.17, 15) is 4.39 Å². The van der Waals surface area contributed by atoms with Crippen molar-refractivity contribution in [1.29, 1.82) is 0 Å². The topological polar surface area (TPSA) is 9.72 Å². The van der Waals surface area contributed by atoms with Crippen LogP contribution in [0.3, 0.4) is 0 Å². The zero-order chi connectivity index (χ0) is 46.6. The van der Waals surface area contributed by atoms with Gasteiger partial charge in [0.2, 0.25) is 0 Å². The van der Waals surface area contributed by atoms with Gasteiger partial charge in [-0.1, -0.05) is 77.1 Å².